The summed E-state index contributed by atoms with van der Waals surface area (Å²) in [5, 5.41) is 0. The summed E-state index contributed by atoms with van der Waals surface area (Å²) >= 11 is 0. The monoisotopic (exact) mass is 232 g/mol. The molecule has 0 saturated heterocycles. The van der Waals surface area contributed by atoms with Crippen LogP contribution in [0.1, 0.15) is 32.8 Å². The SMILES string of the molecule is CCC(C)(C)N=C/C(=C\N)c1ccnc(N)c1. The zero-order valence-electron chi connectivity index (χ0n) is 10.6. The molecule has 0 aromatic carbocycles. The summed E-state index contributed by atoms with van der Waals surface area (Å²) in [4.78, 5) is 8.46. The van der Waals surface area contributed by atoms with Gasteiger partial charge in [0.2, 0.25) is 0 Å². The van der Waals surface area contributed by atoms with E-state index in [9.17, 15) is 0 Å². The number of nitrogen functional groups attached to an aromatic ring is 1. The van der Waals surface area contributed by atoms with E-state index in [-0.39, 0.29) is 5.54 Å². The number of pyridine rings is 1. The van der Waals surface area contributed by atoms with Crippen LogP contribution in [-0.4, -0.2) is 16.7 Å². The molecule has 1 aromatic rings. The molecule has 0 fully saturated rings. The maximum Gasteiger partial charge on any atom is 0.123 e. The highest BCUT2D eigenvalue weighted by Crippen LogP contribution is 2.17. The Morgan fingerprint density at radius 3 is 2.76 bits per heavy atom. The van der Waals surface area contributed by atoms with Crippen molar-refractivity contribution in [1.29, 1.82) is 0 Å². The number of aromatic nitrogens is 1. The van der Waals surface area contributed by atoms with E-state index in [1.54, 1.807) is 18.5 Å². The van der Waals surface area contributed by atoms with Crippen molar-refractivity contribution < 1.29 is 0 Å². The fourth-order valence-corrected chi connectivity index (χ4v) is 1.18. The molecule has 0 saturated carbocycles. The Hall–Kier alpha value is -1.84. The van der Waals surface area contributed by atoms with Crippen LogP contribution < -0.4 is 11.5 Å². The quantitative estimate of drug-likeness (QED) is 0.781. The molecule has 0 atom stereocenters. The minimum Gasteiger partial charge on any atom is -0.404 e. The lowest BCUT2D eigenvalue weighted by Gasteiger charge is -2.16. The van der Waals surface area contributed by atoms with E-state index in [4.69, 9.17) is 11.5 Å². The summed E-state index contributed by atoms with van der Waals surface area (Å²) < 4.78 is 0. The van der Waals surface area contributed by atoms with Gasteiger partial charge in [-0.15, -0.1) is 0 Å². The topological polar surface area (TPSA) is 77.3 Å². The third-order valence-electron chi connectivity index (χ3n) is 2.71. The fraction of sp³-hybridized carbons (Fsp3) is 0.385. The largest absolute Gasteiger partial charge is 0.404 e. The van der Waals surface area contributed by atoms with Crippen molar-refractivity contribution in [2.24, 2.45) is 10.7 Å². The third kappa shape index (κ3) is 3.90. The molecule has 0 unspecified atom stereocenters. The molecule has 1 heterocycles. The Morgan fingerprint density at radius 1 is 1.53 bits per heavy atom. The third-order valence-corrected chi connectivity index (χ3v) is 2.71. The van der Waals surface area contributed by atoms with Crippen LogP contribution in [0.25, 0.3) is 5.57 Å². The standard InChI is InChI=1S/C13H20N4/c1-4-13(2,3)17-9-11(8-14)10-5-6-16-12(15)7-10/h5-9H,4,14H2,1-3H3,(H2,15,16)/b11-8+,17-9?. The van der Waals surface area contributed by atoms with E-state index < -0.39 is 0 Å². The van der Waals surface area contributed by atoms with Gasteiger partial charge in [0.25, 0.3) is 0 Å². The number of rotatable bonds is 4. The second kappa shape index (κ2) is 5.48. The number of hydrogen-bond acceptors (Lipinski definition) is 4. The Balaban J connectivity index is 2.95. The predicted molar refractivity (Wildman–Crippen MR) is 73.7 cm³/mol. The Labute approximate surface area is 102 Å². The van der Waals surface area contributed by atoms with Crippen LogP contribution in [-0.2, 0) is 0 Å². The molecule has 0 aliphatic heterocycles. The number of allylic oxidation sites excluding steroid dienone is 1. The molecule has 0 spiro atoms. The molecule has 0 amide bonds. The summed E-state index contributed by atoms with van der Waals surface area (Å²) in [6.45, 7) is 6.27. The second-order valence-corrected chi connectivity index (χ2v) is 4.52. The van der Waals surface area contributed by atoms with Crippen LogP contribution in [0.3, 0.4) is 0 Å². The van der Waals surface area contributed by atoms with Gasteiger partial charge in [0.1, 0.15) is 5.82 Å². The minimum atomic E-state index is -0.0766. The van der Waals surface area contributed by atoms with Gasteiger partial charge in [-0.25, -0.2) is 4.98 Å². The van der Waals surface area contributed by atoms with Crippen LogP contribution in [0.15, 0.2) is 29.5 Å². The first-order chi connectivity index (χ1) is 7.98. The molecule has 4 N–H and O–H groups in total. The van der Waals surface area contributed by atoms with Crippen LogP contribution in [0, 0.1) is 0 Å². The van der Waals surface area contributed by atoms with Gasteiger partial charge in [-0.3, -0.25) is 4.99 Å². The smallest absolute Gasteiger partial charge is 0.123 e. The lowest BCUT2D eigenvalue weighted by Crippen LogP contribution is -2.14. The molecule has 17 heavy (non-hydrogen) atoms. The summed E-state index contributed by atoms with van der Waals surface area (Å²) in [7, 11) is 0. The van der Waals surface area contributed by atoms with E-state index in [1.807, 2.05) is 6.07 Å². The molecule has 0 aliphatic rings. The normalized spacial score (nSPS) is 13.2. The highest BCUT2D eigenvalue weighted by Gasteiger charge is 2.11. The van der Waals surface area contributed by atoms with Gasteiger partial charge in [-0.1, -0.05) is 6.92 Å². The number of nitrogens with two attached hydrogens (primary N) is 2. The Kier molecular flexibility index (Phi) is 4.26. The maximum absolute atomic E-state index is 5.64. The van der Waals surface area contributed by atoms with Crippen LogP contribution in [0.2, 0.25) is 0 Å². The zero-order chi connectivity index (χ0) is 12.9. The molecule has 4 nitrogen and oxygen atoms in total. The van der Waals surface area contributed by atoms with Crippen molar-refractivity contribution >= 4 is 17.6 Å². The first kappa shape index (κ1) is 13.2. The van der Waals surface area contributed by atoms with E-state index in [0.717, 1.165) is 17.6 Å². The minimum absolute atomic E-state index is 0.0766. The molecular formula is C13H20N4. The predicted octanol–water partition coefficient (Wildman–Crippen LogP) is 2.22. The lowest BCUT2D eigenvalue weighted by molar-refractivity contribution is 0.508. The van der Waals surface area contributed by atoms with Crippen LogP contribution >= 0.6 is 0 Å². The van der Waals surface area contributed by atoms with Gasteiger partial charge in [-0.05, 0) is 38.0 Å². The maximum atomic E-state index is 5.64. The average molecular weight is 232 g/mol. The summed E-state index contributed by atoms with van der Waals surface area (Å²) in [5.41, 5.74) is 12.9. The van der Waals surface area contributed by atoms with Gasteiger partial charge >= 0.3 is 0 Å². The fourth-order valence-electron chi connectivity index (χ4n) is 1.18. The zero-order valence-corrected chi connectivity index (χ0v) is 10.6. The highest BCUT2D eigenvalue weighted by atomic mass is 14.8. The van der Waals surface area contributed by atoms with Crippen LogP contribution in [0.5, 0.6) is 0 Å². The van der Waals surface area contributed by atoms with Gasteiger partial charge < -0.3 is 11.5 Å². The number of nitrogens with zero attached hydrogens (tertiary/aromatic N) is 2. The molecule has 0 aliphatic carbocycles. The summed E-state index contributed by atoms with van der Waals surface area (Å²) in [5.74, 6) is 0.477. The number of aliphatic imine (C=N–C) groups is 1. The molecule has 0 radical (unpaired) electrons. The van der Waals surface area contributed by atoms with Crippen molar-refractivity contribution in [2.75, 3.05) is 5.73 Å². The Morgan fingerprint density at radius 2 is 2.24 bits per heavy atom. The van der Waals surface area contributed by atoms with Gasteiger partial charge in [0, 0.05) is 24.2 Å². The second-order valence-electron chi connectivity index (χ2n) is 4.52. The van der Waals surface area contributed by atoms with Crippen molar-refractivity contribution in [2.45, 2.75) is 32.7 Å². The van der Waals surface area contributed by atoms with Crippen molar-refractivity contribution in [3.63, 3.8) is 0 Å². The van der Waals surface area contributed by atoms with E-state index in [2.05, 4.69) is 30.7 Å². The van der Waals surface area contributed by atoms with Gasteiger partial charge in [-0.2, -0.15) is 0 Å². The lowest BCUT2D eigenvalue weighted by atomic mass is 10.0. The first-order valence-electron chi connectivity index (χ1n) is 5.67. The summed E-state index contributed by atoms with van der Waals surface area (Å²) in [6.07, 6.45) is 5.95. The summed E-state index contributed by atoms with van der Waals surface area (Å²) in [6, 6.07) is 3.64. The van der Waals surface area contributed by atoms with E-state index >= 15 is 0 Å². The molecule has 1 rings (SSSR count). The van der Waals surface area contributed by atoms with Crippen LogP contribution in [0.4, 0.5) is 5.82 Å². The molecule has 4 heteroatoms. The molecular weight excluding hydrogens is 212 g/mol. The molecule has 92 valence electrons. The highest BCUT2D eigenvalue weighted by molar-refractivity contribution is 6.09. The average Bonchev–Trinajstić information content (AvgIpc) is 2.30. The van der Waals surface area contributed by atoms with E-state index in [0.29, 0.717) is 5.82 Å². The Bertz CT molecular complexity index is 433. The van der Waals surface area contributed by atoms with Gasteiger partial charge in [0.05, 0.1) is 5.54 Å². The van der Waals surface area contributed by atoms with E-state index in [1.165, 1.54) is 6.20 Å². The molecule has 0 bridgehead atoms. The molecule has 1 aromatic heterocycles. The van der Waals surface area contributed by atoms with Crippen molar-refractivity contribution in [1.82, 2.24) is 4.98 Å². The van der Waals surface area contributed by atoms with Crippen molar-refractivity contribution in [3.8, 4) is 0 Å². The van der Waals surface area contributed by atoms with Crippen molar-refractivity contribution in [3.05, 3.63) is 30.1 Å². The number of hydrogen-bond donors (Lipinski definition) is 2. The van der Waals surface area contributed by atoms with Gasteiger partial charge in [0.15, 0.2) is 0 Å². The number of anilines is 1. The first-order valence-corrected chi connectivity index (χ1v) is 5.67.